The van der Waals surface area contributed by atoms with Crippen LogP contribution in [0.4, 0.5) is 17.2 Å². The van der Waals surface area contributed by atoms with E-state index in [1.54, 1.807) is 18.3 Å². The molecule has 0 bridgehead atoms. The van der Waals surface area contributed by atoms with Gasteiger partial charge in [0.1, 0.15) is 5.82 Å². The Labute approximate surface area is 181 Å². The molecule has 1 aliphatic heterocycles. The van der Waals surface area contributed by atoms with Gasteiger partial charge in [-0.15, -0.1) is 0 Å². The highest BCUT2D eigenvalue weighted by molar-refractivity contribution is 6.02. The third kappa shape index (κ3) is 4.69. The summed E-state index contributed by atoms with van der Waals surface area (Å²) in [5.74, 6) is 0.804. The van der Waals surface area contributed by atoms with Crippen molar-refractivity contribution in [2.24, 2.45) is 0 Å². The Hall–Kier alpha value is -3.81. The molecule has 1 aromatic carbocycles. The number of rotatable bonds is 5. The van der Waals surface area contributed by atoms with Crippen LogP contribution in [0.5, 0.6) is 0 Å². The number of anilines is 3. The highest BCUT2D eigenvalue weighted by Gasteiger charge is 2.23. The summed E-state index contributed by atoms with van der Waals surface area (Å²) >= 11 is 0. The Morgan fingerprint density at radius 3 is 2.32 bits per heavy atom. The molecule has 1 aliphatic rings. The summed E-state index contributed by atoms with van der Waals surface area (Å²) in [7, 11) is 3.95. The van der Waals surface area contributed by atoms with E-state index in [1.165, 1.54) is 6.26 Å². The molecule has 0 radical (unpaired) electrons. The number of carbonyl (C=O) groups is 2. The van der Waals surface area contributed by atoms with Crippen molar-refractivity contribution < 1.29 is 14.0 Å². The van der Waals surface area contributed by atoms with Crippen molar-refractivity contribution in [2.75, 3.05) is 55.4 Å². The maximum atomic E-state index is 12.8. The first kappa shape index (κ1) is 20.5. The summed E-state index contributed by atoms with van der Waals surface area (Å²) in [6.07, 6.45) is 3.08. The molecule has 3 heterocycles. The third-order valence-corrected chi connectivity index (χ3v) is 5.27. The van der Waals surface area contributed by atoms with E-state index in [-0.39, 0.29) is 17.6 Å². The maximum absolute atomic E-state index is 12.8. The van der Waals surface area contributed by atoms with Crippen LogP contribution in [0.3, 0.4) is 0 Å². The number of nitrogens with one attached hydrogen (secondary N) is 1. The van der Waals surface area contributed by atoms with Crippen LogP contribution < -0.4 is 15.1 Å². The molecule has 1 saturated heterocycles. The van der Waals surface area contributed by atoms with Gasteiger partial charge in [0, 0.05) is 51.5 Å². The van der Waals surface area contributed by atoms with Gasteiger partial charge in [0.2, 0.25) is 0 Å². The predicted molar refractivity (Wildman–Crippen MR) is 120 cm³/mol. The van der Waals surface area contributed by atoms with Crippen molar-refractivity contribution >= 4 is 29.0 Å². The standard InChI is InChI=1S/C23H25N5O3/c1-26(2)19-8-5-17(6-9-19)23(30)28-13-11-27(12-14-28)21-10-7-18(16-24-21)25-22(29)20-4-3-15-31-20/h3-10,15-16H,11-14H2,1-2H3,(H,25,29). The lowest BCUT2D eigenvalue weighted by atomic mass is 10.1. The Kier molecular flexibility index (Phi) is 5.88. The number of nitrogens with zero attached hydrogens (tertiary/aromatic N) is 4. The summed E-state index contributed by atoms with van der Waals surface area (Å²) in [6, 6.07) is 14.6. The van der Waals surface area contributed by atoms with E-state index in [0.717, 1.165) is 11.5 Å². The Morgan fingerprint density at radius 1 is 1.00 bits per heavy atom. The number of carbonyl (C=O) groups excluding carboxylic acids is 2. The average Bonchev–Trinajstić information content (AvgIpc) is 3.35. The van der Waals surface area contributed by atoms with Crippen molar-refractivity contribution in [1.82, 2.24) is 9.88 Å². The Balaban J connectivity index is 1.32. The number of furan rings is 1. The second-order valence-electron chi connectivity index (χ2n) is 7.56. The molecule has 160 valence electrons. The number of amides is 2. The van der Waals surface area contributed by atoms with Gasteiger partial charge in [-0.2, -0.15) is 0 Å². The molecule has 1 N–H and O–H groups in total. The lowest BCUT2D eigenvalue weighted by Crippen LogP contribution is -2.49. The minimum absolute atomic E-state index is 0.0499. The minimum Gasteiger partial charge on any atom is -0.459 e. The van der Waals surface area contributed by atoms with E-state index in [2.05, 4.69) is 15.2 Å². The largest absolute Gasteiger partial charge is 0.459 e. The zero-order valence-electron chi connectivity index (χ0n) is 17.6. The van der Waals surface area contributed by atoms with Gasteiger partial charge in [-0.3, -0.25) is 9.59 Å². The second-order valence-corrected chi connectivity index (χ2v) is 7.56. The number of piperazine rings is 1. The molecule has 2 aromatic heterocycles. The van der Waals surface area contributed by atoms with Gasteiger partial charge in [-0.25, -0.2) is 4.98 Å². The highest BCUT2D eigenvalue weighted by atomic mass is 16.3. The number of hydrogen-bond acceptors (Lipinski definition) is 6. The summed E-state index contributed by atoms with van der Waals surface area (Å²) < 4.78 is 5.09. The summed E-state index contributed by atoms with van der Waals surface area (Å²) in [6.45, 7) is 2.67. The van der Waals surface area contributed by atoms with Crippen molar-refractivity contribution in [2.45, 2.75) is 0 Å². The van der Waals surface area contributed by atoms with Crippen LogP contribution in [0.1, 0.15) is 20.9 Å². The molecule has 4 rings (SSSR count). The maximum Gasteiger partial charge on any atom is 0.291 e. The quantitative estimate of drug-likeness (QED) is 0.685. The molecule has 3 aromatic rings. The first-order valence-electron chi connectivity index (χ1n) is 10.1. The minimum atomic E-state index is -0.315. The molecule has 0 unspecified atom stereocenters. The van der Waals surface area contributed by atoms with Gasteiger partial charge in [0.15, 0.2) is 5.76 Å². The number of hydrogen-bond donors (Lipinski definition) is 1. The molecule has 31 heavy (non-hydrogen) atoms. The zero-order chi connectivity index (χ0) is 21.8. The first-order valence-corrected chi connectivity index (χ1v) is 10.1. The average molecular weight is 419 g/mol. The molecule has 0 aliphatic carbocycles. The molecule has 2 amide bonds. The monoisotopic (exact) mass is 419 g/mol. The number of benzene rings is 1. The number of aromatic nitrogens is 1. The number of pyridine rings is 1. The highest BCUT2D eigenvalue weighted by Crippen LogP contribution is 2.19. The van der Waals surface area contributed by atoms with Gasteiger partial charge < -0.3 is 24.4 Å². The Bertz CT molecular complexity index is 1020. The van der Waals surface area contributed by atoms with E-state index < -0.39 is 0 Å². The van der Waals surface area contributed by atoms with Gasteiger partial charge >= 0.3 is 0 Å². The van der Waals surface area contributed by atoms with Crippen LogP contribution in [-0.2, 0) is 0 Å². The molecule has 8 heteroatoms. The molecule has 0 atom stereocenters. The molecular weight excluding hydrogens is 394 g/mol. The van der Waals surface area contributed by atoms with E-state index in [0.29, 0.717) is 37.4 Å². The fourth-order valence-corrected chi connectivity index (χ4v) is 3.47. The lowest BCUT2D eigenvalue weighted by molar-refractivity contribution is 0.0746. The lowest BCUT2D eigenvalue weighted by Gasteiger charge is -2.35. The fourth-order valence-electron chi connectivity index (χ4n) is 3.47. The van der Waals surface area contributed by atoms with Crippen molar-refractivity contribution in [1.29, 1.82) is 0 Å². The van der Waals surface area contributed by atoms with E-state index in [4.69, 9.17) is 4.42 Å². The van der Waals surface area contributed by atoms with Gasteiger partial charge in [0.25, 0.3) is 11.8 Å². The smallest absolute Gasteiger partial charge is 0.291 e. The van der Waals surface area contributed by atoms with E-state index >= 15 is 0 Å². The van der Waals surface area contributed by atoms with Crippen LogP contribution in [-0.4, -0.2) is 62.0 Å². The fraction of sp³-hybridized carbons (Fsp3) is 0.261. The summed E-state index contributed by atoms with van der Waals surface area (Å²) in [4.78, 5) is 35.3. The van der Waals surface area contributed by atoms with E-state index in [1.807, 2.05) is 60.3 Å². The predicted octanol–water partition coefficient (Wildman–Crippen LogP) is 2.96. The van der Waals surface area contributed by atoms with Gasteiger partial charge in [-0.1, -0.05) is 0 Å². The van der Waals surface area contributed by atoms with Crippen LogP contribution in [0.25, 0.3) is 0 Å². The van der Waals surface area contributed by atoms with Crippen LogP contribution in [0.15, 0.2) is 65.4 Å². The molecule has 1 fully saturated rings. The van der Waals surface area contributed by atoms with E-state index in [9.17, 15) is 9.59 Å². The van der Waals surface area contributed by atoms with Crippen molar-refractivity contribution in [3.8, 4) is 0 Å². The molecular formula is C23H25N5O3. The topological polar surface area (TPSA) is 81.9 Å². The summed E-state index contributed by atoms with van der Waals surface area (Å²) in [5, 5.41) is 2.76. The van der Waals surface area contributed by atoms with Crippen molar-refractivity contribution in [3.63, 3.8) is 0 Å². The SMILES string of the molecule is CN(C)c1ccc(C(=O)N2CCN(c3ccc(NC(=O)c4ccco4)cn3)CC2)cc1. The zero-order valence-corrected chi connectivity index (χ0v) is 17.6. The third-order valence-electron chi connectivity index (χ3n) is 5.27. The van der Waals surface area contributed by atoms with Gasteiger partial charge in [-0.05, 0) is 48.5 Å². The normalized spacial score (nSPS) is 13.7. The van der Waals surface area contributed by atoms with Crippen LogP contribution in [0.2, 0.25) is 0 Å². The first-order chi connectivity index (χ1) is 15.0. The van der Waals surface area contributed by atoms with Crippen molar-refractivity contribution in [3.05, 3.63) is 72.3 Å². The van der Waals surface area contributed by atoms with Crippen LogP contribution >= 0.6 is 0 Å². The Morgan fingerprint density at radius 2 is 1.74 bits per heavy atom. The van der Waals surface area contributed by atoms with Crippen LogP contribution in [0, 0.1) is 0 Å². The molecule has 0 saturated carbocycles. The van der Waals surface area contributed by atoms with Gasteiger partial charge in [0.05, 0.1) is 18.1 Å². The molecule has 0 spiro atoms. The molecule has 8 nitrogen and oxygen atoms in total. The summed E-state index contributed by atoms with van der Waals surface area (Å²) in [5.41, 5.74) is 2.37. The second kappa shape index (κ2) is 8.91.